The Kier molecular flexibility index (Phi) is 5.92. The topological polar surface area (TPSA) is 38.8 Å². The van der Waals surface area contributed by atoms with E-state index in [2.05, 4.69) is 42.3 Å². The van der Waals surface area contributed by atoms with Gasteiger partial charge in [0.2, 0.25) is 0 Å². The summed E-state index contributed by atoms with van der Waals surface area (Å²) in [7, 11) is 1.99. The molecule has 0 aliphatic heterocycles. The van der Waals surface area contributed by atoms with Gasteiger partial charge in [0.05, 0.1) is 6.26 Å². The SMILES string of the molecule is C=COc1ccc(-c2ccc(N(C)c3ccc(OC(=O)C=C)cc3)cc2)cc1. The summed E-state index contributed by atoms with van der Waals surface area (Å²) in [4.78, 5) is 13.3. The first-order chi connectivity index (χ1) is 13.6. The van der Waals surface area contributed by atoms with E-state index in [9.17, 15) is 4.79 Å². The second kappa shape index (κ2) is 8.73. The molecular weight excluding hydrogens is 350 g/mol. The van der Waals surface area contributed by atoms with Crippen molar-refractivity contribution in [2.24, 2.45) is 0 Å². The predicted molar refractivity (Wildman–Crippen MR) is 113 cm³/mol. The number of carbonyl (C=O) groups is 1. The van der Waals surface area contributed by atoms with Crippen LogP contribution in [0.1, 0.15) is 0 Å². The van der Waals surface area contributed by atoms with E-state index in [-0.39, 0.29) is 0 Å². The normalized spacial score (nSPS) is 10.0. The highest BCUT2D eigenvalue weighted by atomic mass is 16.5. The Bertz CT molecular complexity index is 958. The molecule has 4 nitrogen and oxygen atoms in total. The summed E-state index contributed by atoms with van der Waals surface area (Å²) in [5.41, 5.74) is 4.26. The zero-order valence-electron chi connectivity index (χ0n) is 15.7. The Morgan fingerprint density at radius 2 is 1.25 bits per heavy atom. The number of ether oxygens (including phenoxy) is 2. The van der Waals surface area contributed by atoms with Gasteiger partial charge < -0.3 is 14.4 Å². The van der Waals surface area contributed by atoms with Gasteiger partial charge in [-0.2, -0.15) is 0 Å². The van der Waals surface area contributed by atoms with Crippen molar-refractivity contribution in [2.75, 3.05) is 11.9 Å². The molecule has 3 aromatic rings. The molecule has 4 heteroatoms. The largest absolute Gasteiger partial charge is 0.466 e. The Balaban J connectivity index is 1.72. The van der Waals surface area contributed by atoms with Crippen molar-refractivity contribution in [2.45, 2.75) is 0 Å². The first-order valence-corrected chi connectivity index (χ1v) is 8.77. The Labute approximate surface area is 165 Å². The van der Waals surface area contributed by atoms with Crippen LogP contribution in [0.5, 0.6) is 11.5 Å². The molecule has 28 heavy (non-hydrogen) atoms. The highest BCUT2D eigenvalue weighted by Gasteiger charge is 2.06. The van der Waals surface area contributed by atoms with Gasteiger partial charge in [-0.05, 0) is 59.7 Å². The second-order valence-corrected chi connectivity index (χ2v) is 6.03. The number of benzene rings is 3. The van der Waals surface area contributed by atoms with E-state index in [1.165, 1.54) is 6.26 Å². The number of hydrogen-bond acceptors (Lipinski definition) is 4. The highest BCUT2D eigenvalue weighted by molar-refractivity contribution is 5.83. The van der Waals surface area contributed by atoms with E-state index in [1.807, 2.05) is 43.4 Å². The van der Waals surface area contributed by atoms with Gasteiger partial charge in [0, 0.05) is 24.5 Å². The van der Waals surface area contributed by atoms with Crippen LogP contribution in [0.15, 0.2) is 98.3 Å². The zero-order valence-corrected chi connectivity index (χ0v) is 15.7. The Morgan fingerprint density at radius 3 is 1.75 bits per heavy atom. The predicted octanol–water partition coefficient (Wildman–Crippen LogP) is 5.74. The summed E-state index contributed by atoms with van der Waals surface area (Å²) >= 11 is 0. The van der Waals surface area contributed by atoms with E-state index in [0.29, 0.717) is 5.75 Å². The van der Waals surface area contributed by atoms with Crippen LogP contribution in [-0.4, -0.2) is 13.0 Å². The number of esters is 1. The van der Waals surface area contributed by atoms with E-state index in [4.69, 9.17) is 9.47 Å². The van der Waals surface area contributed by atoms with Gasteiger partial charge >= 0.3 is 5.97 Å². The van der Waals surface area contributed by atoms with Crippen molar-refractivity contribution in [3.05, 3.63) is 98.3 Å². The molecule has 0 amide bonds. The molecule has 0 fully saturated rings. The number of carbonyl (C=O) groups excluding carboxylic acids is 1. The standard InChI is InChI=1S/C24H21NO3/c1-4-24(26)28-23-16-12-21(13-17-23)25(3)20-10-6-18(7-11-20)19-8-14-22(15-9-19)27-5-2/h4-17H,1-2H2,3H3. The molecule has 0 saturated heterocycles. The Hall–Kier alpha value is -3.79. The summed E-state index contributed by atoms with van der Waals surface area (Å²) in [5, 5.41) is 0. The van der Waals surface area contributed by atoms with Crippen LogP contribution < -0.4 is 14.4 Å². The molecule has 0 aliphatic rings. The van der Waals surface area contributed by atoms with Gasteiger partial charge in [-0.1, -0.05) is 37.4 Å². The van der Waals surface area contributed by atoms with Gasteiger partial charge in [0.15, 0.2) is 0 Å². The lowest BCUT2D eigenvalue weighted by Crippen LogP contribution is -2.09. The van der Waals surface area contributed by atoms with E-state index in [0.717, 1.165) is 34.3 Å². The molecule has 0 heterocycles. The average Bonchev–Trinajstić information content (AvgIpc) is 2.74. The molecule has 0 unspecified atom stereocenters. The minimum Gasteiger partial charge on any atom is -0.466 e. The molecule has 0 aromatic heterocycles. The van der Waals surface area contributed by atoms with Crippen molar-refractivity contribution in [3.63, 3.8) is 0 Å². The summed E-state index contributed by atoms with van der Waals surface area (Å²) in [6.45, 7) is 6.95. The highest BCUT2D eigenvalue weighted by Crippen LogP contribution is 2.29. The monoisotopic (exact) mass is 371 g/mol. The summed E-state index contributed by atoms with van der Waals surface area (Å²) < 4.78 is 10.4. The van der Waals surface area contributed by atoms with Crippen LogP contribution in [0, 0.1) is 0 Å². The molecular formula is C24H21NO3. The van der Waals surface area contributed by atoms with Crippen molar-refractivity contribution >= 4 is 17.3 Å². The van der Waals surface area contributed by atoms with Crippen LogP contribution in [0.25, 0.3) is 11.1 Å². The molecule has 0 saturated carbocycles. The van der Waals surface area contributed by atoms with Gasteiger partial charge in [-0.3, -0.25) is 0 Å². The first-order valence-electron chi connectivity index (χ1n) is 8.77. The summed E-state index contributed by atoms with van der Waals surface area (Å²) in [6.07, 6.45) is 2.55. The average molecular weight is 371 g/mol. The fourth-order valence-electron chi connectivity index (χ4n) is 2.74. The fourth-order valence-corrected chi connectivity index (χ4v) is 2.74. The number of nitrogens with zero attached hydrogens (tertiary/aromatic N) is 1. The van der Waals surface area contributed by atoms with Crippen molar-refractivity contribution in [3.8, 4) is 22.6 Å². The fraction of sp³-hybridized carbons (Fsp3) is 0.0417. The molecule has 3 rings (SSSR count). The molecule has 0 N–H and O–H groups in total. The molecule has 140 valence electrons. The molecule has 0 radical (unpaired) electrons. The third kappa shape index (κ3) is 4.48. The quantitative estimate of drug-likeness (QED) is 0.230. The van der Waals surface area contributed by atoms with Crippen LogP contribution in [0.4, 0.5) is 11.4 Å². The molecule has 0 atom stereocenters. The Morgan fingerprint density at radius 1 is 0.786 bits per heavy atom. The maximum Gasteiger partial charge on any atom is 0.335 e. The molecule has 0 spiro atoms. The van der Waals surface area contributed by atoms with Crippen LogP contribution >= 0.6 is 0 Å². The first kappa shape index (κ1) is 19.0. The van der Waals surface area contributed by atoms with Gasteiger partial charge in [-0.15, -0.1) is 0 Å². The summed E-state index contributed by atoms with van der Waals surface area (Å²) in [5.74, 6) is 0.777. The van der Waals surface area contributed by atoms with Crippen LogP contribution in [0.3, 0.4) is 0 Å². The van der Waals surface area contributed by atoms with Crippen molar-refractivity contribution < 1.29 is 14.3 Å². The van der Waals surface area contributed by atoms with Crippen LogP contribution in [-0.2, 0) is 4.79 Å². The van der Waals surface area contributed by atoms with Gasteiger partial charge in [0.25, 0.3) is 0 Å². The lowest BCUT2D eigenvalue weighted by molar-refractivity contribution is -0.128. The van der Waals surface area contributed by atoms with Crippen molar-refractivity contribution in [1.29, 1.82) is 0 Å². The van der Waals surface area contributed by atoms with Crippen molar-refractivity contribution in [1.82, 2.24) is 0 Å². The number of anilines is 2. The second-order valence-electron chi connectivity index (χ2n) is 6.03. The number of rotatable bonds is 7. The third-order valence-electron chi connectivity index (χ3n) is 4.27. The van der Waals surface area contributed by atoms with E-state index >= 15 is 0 Å². The minimum atomic E-state index is -0.471. The summed E-state index contributed by atoms with van der Waals surface area (Å²) in [6, 6.07) is 23.5. The van der Waals surface area contributed by atoms with E-state index in [1.54, 1.807) is 12.1 Å². The lowest BCUT2D eigenvalue weighted by atomic mass is 10.0. The van der Waals surface area contributed by atoms with Gasteiger partial charge in [-0.25, -0.2) is 4.79 Å². The third-order valence-corrected chi connectivity index (χ3v) is 4.27. The minimum absolute atomic E-state index is 0.471. The molecule has 3 aromatic carbocycles. The smallest absolute Gasteiger partial charge is 0.335 e. The molecule has 0 aliphatic carbocycles. The van der Waals surface area contributed by atoms with Gasteiger partial charge in [0.1, 0.15) is 11.5 Å². The maximum atomic E-state index is 11.3. The number of hydrogen-bond donors (Lipinski definition) is 0. The van der Waals surface area contributed by atoms with Crippen LogP contribution in [0.2, 0.25) is 0 Å². The molecule has 0 bridgehead atoms. The van der Waals surface area contributed by atoms with E-state index < -0.39 is 5.97 Å². The zero-order chi connectivity index (χ0) is 19.9. The maximum absolute atomic E-state index is 11.3. The lowest BCUT2D eigenvalue weighted by Gasteiger charge is -2.20.